The van der Waals surface area contributed by atoms with E-state index >= 15 is 0 Å². The molecule has 2 aromatic heterocycles. The lowest BCUT2D eigenvalue weighted by molar-refractivity contribution is 0.819. The first-order valence-electron chi connectivity index (χ1n) is 6.44. The fraction of sp³-hybridized carbons (Fsp3) is 0.200. The van der Waals surface area contributed by atoms with Gasteiger partial charge in [0.25, 0.3) is 0 Å². The lowest BCUT2D eigenvalue weighted by Gasteiger charge is -2.13. The number of H-pyrrole nitrogens is 1. The highest BCUT2D eigenvalue weighted by Gasteiger charge is 2.18. The molecule has 0 unspecified atom stereocenters. The smallest absolute Gasteiger partial charge is 0.228 e. The van der Waals surface area contributed by atoms with Crippen LogP contribution in [0.1, 0.15) is 25.3 Å². The Balaban J connectivity index is 2.43. The molecule has 5 heteroatoms. The molecular weight excluding hydrogens is 318 g/mol. The quantitative estimate of drug-likeness (QED) is 0.780. The minimum atomic E-state index is -0.0247. The summed E-state index contributed by atoms with van der Waals surface area (Å²) < 4.78 is 2.41. The number of hydrogen-bond acceptors (Lipinski definition) is 2. The van der Waals surface area contributed by atoms with Gasteiger partial charge in [0.1, 0.15) is 4.60 Å². The maximum absolute atomic E-state index is 12.7. The Kier molecular flexibility index (Phi) is 3.22. The Hall–Kier alpha value is -1.88. The second kappa shape index (κ2) is 4.90. The van der Waals surface area contributed by atoms with Crippen molar-refractivity contribution in [2.75, 3.05) is 0 Å². The summed E-state index contributed by atoms with van der Waals surface area (Å²) in [6.07, 6.45) is 1.63. The van der Waals surface area contributed by atoms with Crippen LogP contribution < -0.4 is 5.43 Å². The first-order valence-corrected chi connectivity index (χ1v) is 7.23. The van der Waals surface area contributed by atoms with Gasteiger partial charge in [0.05, 0.1) is 11.9 Å². The molecule has 2 heterocycles. The van der Waals surface area contributed by atoms with Crippen LogP contribution in [-0.4, -0.2) is 14.6 Å². The van der Waals surface area contributed by atoms with E-state index in [1.165, 1.54) is 0 Å². The summed E-state index contributed by atoms with van der Waals surface area (Å²) in [6, 6.07) is 9.87. The van der Waals surface area contributed by atoms with Crippen molar-refractivity contribution in [3.8, 4) is 11.3 Å². The van der Waals surface area contributed by atoms with E-state index in [4.69, 9.17) is 0 Å². The summed E-state index contributed by atoms with van der Waals surface area (Å²) in [5, 5.41) is 3.29. The van der Waals surface area contributed by atoms with Crippen LogP contribution in [0.4, 0.5) is 0 Å². The Morgan fingerprint density at radius 2 is 1.95 bits per heavy atom. The van der Waals surface area contributed by atoms with Gasteiger partial charge in [0.15, 0.2) is 0 Å². The maximum Gasteiger partial charge on any atom is 0.228 e. The van der Waals surface area contributed by atoms with Gasteiger partial charge in [-0.3, -0.25) is 9.89 Å². The SMILES string of the molecule is CC(C)c1c(-c2ccccc2)[nH]n2c(Br)cnc2c1=O. The summed E-state index contributed by atoms with van der Waals surface area (Å²) in [4.78, 5) is 16.8. The third kappa shape index (κ3) is 1.98. The van der Waals surface area contributed by atoms with E-state index in [9.17, 15) is 4.79 Å². The summed E-state index contributed by atoms with van der Waals surface area (Å²) in [5.41, 5.74) is 3.00. The highest BCUT2D eigenvalue weighted by molar-refractivity contribution is 9.10. The predicted octanol–water partition coefficient (Wildman–Crippen LogP) is 3.58. The van der Waals surface area contributed by atoms with E-state index in [0.29, 0.717) is 5.65 Å². The molecular formula is C15H14BrN3O. The zero-order chi connectivity index (χ0) is 14.3. The lowest BCUT2D eigenvalue weighted by atomic mass is 9.97. The van der Waals surface area contributed by atoms with Crippen LogP contribution in [0, 0.1) is 0 Å². The molecule has 1 aromatic carbocycles. The fourth-order valence-corrected chi connectivity index (χ4v) is 2.74. The molecule has 0 fully saturated rings. The molecule has 0 aliphatic carbocycles. The molecule has 0 saturated carbocycles. The largest absolute Gasteiger partial charge is 0.291 e. The fourth-order valence-electron chi connectivity index (χ4n) is 2.38. The maximum atomic E-state index is 12.7. The summed E-state index contributed by atoms with van der Waals surface area (Å²) in [6.45, 7) is 4.04. The first kappa shape index (κ1) is 13.1. The topological polar surface area (TPSA) is 50.2 Å². The first-order chi connectivity index (χ1) is 9.59. The predicted molar refractivity (Wildman–Crippen MR) is 83.0 cm³/mol. The number of rotatable bonds is 2. The van der Waals surface area contributed by atoms with Crippen molar-refractivity contribution in [1.29, 1.82) is 0 Å². The van der Waals surface area contributed by atoms with Crippen LogP contribution in [-0.2, 0) is 0 Å². The van der Waals surface area contributed by atoms with Crippen molar-refractivity contribution in [1.82, 2.24) is 14.6 Å². The Morgan fingerprint density at radius 1 is 1.25 bits per heavy atom. The van der Waals surface area contributed by atoms with Gasteiger partial charge in [-0.1, -0.05) is 44.2 Å². The van der Waals surface area contributed by atoms with Crippen LogP contribution in [0.15, 0.2) is 45.9 Å². The minimum Gasteiger partial charge on any atom is -0.291 e. The van der Waals surface area contributed by atoms with E-state index < -0.39 is 0 Å². The molecule has 3 aromatic rings. The van der Waals surface area contributed by atoms with Gasteiger partial charge >= 0.3 is 0 Å². The molecule has 20 heavy (non-hydrogen) atoms. The van der Waals surface area contributed by atoms with Gasteiger partial charge in [-0.2, -0.15) is 0 Å². The van der Waals surface area contributed by atoms with Crippen molar-refractivity contribution in [3.63, 3.8) is 0 Å². The molecule has 0 aliphatic rings. The van der Waals surface area contributed by atoms with Gasteiger partial charge in [-0.25, -0.2) is 9.50 Å². The average Bonchev–Trinajstić information content (AvgIpc) is 2.81. The Labute approximate surface area is 124 Å². The second-order valence-corrected chi connectivity index (χ2v) is 5.80. The molecule has 0 radical (unpaired) electrons. The number of aromatic amines is 1. The molecule has 0 bridgehead atoms. The van der Waals surface area contributed by atoms with Gasteiger partial charge in [0.2, 0.25) is 11.1 Å². The Morgan fingerprint density at radius 3 is 2.60 bits per heavy atom. The third-order valence-electron chi connectivity index (χ3n) is 3.30. The molecule has 4 nitrogen and oxygen atoms in total. The number of hydrogen-bond donors (Lipinski definition) is 1. The van der Waals surface area contributed by atoms with Gasteiger partial charge in [0, 0.05) is 5.56 Å². The standard InChI is InChI=1S/C15H14BrN3O/c1-9(2)12-13(10-6-4-3-5-7-10)18-19-11(16)8-17-15(19)14(12)20/h3-9,18H,1-2H3. The van der Waals surface area contributed by atoms with E-state index in [0.717, 1.165) is 21.4 Å². The van der Waals surface area contributed by atoms with Crippen molar-refractivity contribution in [2.24, 2.45) is 0 Å². The van der Waals surface area contributed by atoms with Crippen molar-refractivity contribution >= 4 is 21.6 Å². The van der Waals surface area contributed by atoms with E-state index in [-0.39, 0.29) is 11.3 Å². The highest BCUT2D eigenvalue weighted by Crippen LogP contribution is 2.25. The number of nitrogens with zero attached hydrogens (tertiary/aromatic N) is 2. The molecule has 0 spiro atoms. The van der Waals surface area contributed by atoms with Crippen LogP contribution in [0.3, 0.4) is 0 Å². The van der Waals surface area contributed by atoms with Crippen LogP contribution in [0.2, 0.25) is 0 Å². The summed E-state index contributed by atoms with van der Waals surface area (Å²) in [7, 11) is 0. The van der Waals surface area contributed by atoms with Crippen LogP contribution in [0.25, 0.3) is 16.9 Å². The number of aromatic nitrogens is 3. The highest BCUT2D eigenvalue weighted by atomic mass is 79.9. The third-order valence-corrected chi connectivity index (χ3v) is 3.86. The van der Waals surface area contributed by atoms with Crippen molar-refractivity contribution in [2.45, 2.75) is 19.8 Å². The number of benzene rings is 1. The molecule has 0 aliphatic heterocycles. The van der Waals surface area contributed by atoms with Crippen molar-refractivity contribution < 1.29 is 0 Å². The monoisotopic (exact) mass is 331 g/mol. The Bertz CT molecular complexity index is 818. The number of imidazole rings is 1. The van der Waals surface area contributed by atoms with Crippen molar-refractivity contribution in [3.05, 3.63) is 56.9 Å². The molecule has 102 valence electrons. The summed E-state index contributed by atoms with van der Waals surface area (Å²) >= 11 is 3.40. The lowest BCUT2D eigenvalue weighted by Crippen LogP contribution is -2.18. The minimum absolute atomic E-state index is 0.0247. The molecule has 0 atom stereocenters. The number of halogens is 1. The normalized spacial score (nSPS) is 11.4. The van der Waals surface area contributed by atoms with Gasteiger partial charge < -0.3 is 0 Å². The number of fused-ring (bicyclic) bond motifs is 1. The zero-order valence-electron chi connectivity index (χ0n) is 11.2. The van der Waals surface area contributed by atoms with E-state index in [1.807, 2.05) is 44.2 Å². The van der Waals surface area contributed by atoms with Crippen LogP contribution in [0.5, 0.6) is 0 Å². The second-order valence-electron chi connectivity index (χ2n) is 4.99. The van der Waals surface area contributed by atoms with Gasteiger partial charge in [-0.05, 0) is 27.4 Å². The molecule has 0 amide bonds. The van der Waals surface area contributed by atoms with E-state index in [1.54, 1.807) is 10.7 Å². The summed E-state index contributed by atoms with van der Waals surface area (Å²) in [5.74, 6) is 0.120. The van der Waals surface area contributed by atoms with Gasteiger partial charge in [-0.15, -0.1) is 0 Å². The van der Waals surface area contributed by atoms with E-state index in [2.05, 4.69) is 26.0 Å². The zero-order valence-corrected chi connectivity index (χ0v) is 12.8. The number of nitrogens with one attached hydrogen (secondary N) is 1. The molecule has 3 rings (SSSR count). The van der Waals surface area contributed by atoms with Crippen LogP contribution >= 0.6 is 15.9 Å². The molecule has 0 saturated heterocycles. The molecule has 1 N–H and O–H groups in total. The average molecular weight is 332 g/mol.